The van der Waals surface area contributed by atoms with Crippen LogP contribution in [0.3, 0.4) is 0 Å². The van der Waals surface area contributed by atoms with Crippen molar-refractivity contribution in [3.63, 3.8) is 0 Å². The molecular weight excluding hydrogens is 312 g/mol. The summed E-state index contributed by atoms with van der Waals surface area (Å²) in [5, 5.41) is 0. The van der Waals surface area contributed by atoms with E-state index in [4.69, 9.17) is 10.5 Å². The smallest absolute Gasteiger partial charge is 0.0797 e. The van der Waals surface area contributed by atoms with Crippen LogP contribution in [0.1, 0.15) is 16.1 Å². The van der Waals surface area contributed by atoms with Gasteiger partial charge in [0, 0.05) is 21.5 Å². The Morgan fingerprint density at radius 2 is 2.28 bits per heavy atom. The number of nitrogens with zero attached hydrogens (tertiary/aromatic N) is 1. The van der Waals surface area contributed by atoms with Crippen molar-refractivity contribution in [2.45, 2.75) is 20.0 Å². The molecule has 0 aliphatic carbocycles. The molecule has 0 amide bonds. The highest BCUT2D eigenvalue weighted by atomic mass is 79.9. The Balaban J connectivity index is 1.82. The highest BCUT2D eigenvalue weighted by Crippen LogP contribution is 2.24. The molecule has 0 saturated heterocycles. The van der Waals surface area contributed by atoms with Gasteiger partial charge in [0.1, 0.15) is 0 Å². The first-order chi connectivity index (χ1) is 8.68. The number of hydrogen-bond acceptors (Lipinski definition) is 4. The van der Waals surface area contributed by atoms with Gasteiger partial charge in [-0.15, -0.1) is 11.3 Å². The first-order valence-electron chi connectivity index (χ1n) is 5.68. The quantitative estimate of drug-likeness (QED) is 0.675. The predicted octanol–water partition coefficient (Wildman–Crippen LogP) is 3.56. The average Bonchev–Trinajstić information content (AvgIpc) is 2.76. The van der Waals surface area contributed by atoms with E-state index in [0.717, 1.165) is 27.8 Å². The lowest BCUT2D eigenvalue weighted by Gasteiger charge is -2.07. The van der Waals surface area contributed by atoms with Gasteiger partial charge in [0.2, 0.25) is 0 Å². The highest BCUT2D eigenvalue weighted by molar-refractivity contribution is 9.10. The van der Waals surface area contributed by atoms with E-state index in [1.54, 1.807) is 11.3 Å². The summed E-state index contributed by atoms with van der Waals surface area (Å²) in [4.78, 5) is 5.51. The summed E-state index contributed by atoms with van der Waals surface area (Å²) in [5.74, 6) is 0. The molecule has 18 heavy (non-hydrogen) atoms. The van der Waals surface area contributed by atoms with Crippen molar-refractivity contribution in [2.24, 2.45) is 0 Å². The third-order valence-electron chi connectivity index (χ3n) is 2.68. The summed E-state index contributed by atoms with van der Waals surface area (Å²) in [5.41, 5.74) is 10.6. The standard InChI is InChI=1S/C13H15BrN2OS/c1-9-12(18-8-16-9)5-6-17-7-10-3-2-4-11(15)13(10)14/h2-4,8H,5-7,15H2,1H3. The Kier molecular flexibility index (Phi) is 4.74. The summed E-state index contributed by atoms with van der Waals surface area (Å²) in [6, 6.07) is 5.82. The van der Waals surface area contributed by atoms with E-state index in [0.29, 0.717) is 13.2 Å². The third-order valence-corrected chi connectivity index (χ3v) is 4.65. The van der Waals surface area contributed by atoms with Crippen LogP contribution in [-0.2, 0) is 17.8 Å². The summed E-state index contributed by atoms with van der Waals surface area (Å²) >= 11 is 5.15. The molecule has 96 valence electrons. The normalized spacial score (nSPS) is 10.8. The van der Waals surface area contributed by atoms with Crippen LogP contribution in [0.5, 0.6) is 0 Å². The second-order valence-electron chi connectivity index (χ2n) is 3.98. The first-order valence-corrected chi connectivity index (χ1v) is 7.35. The Morgan fingerprint density at radius 3 is 3.00 bits per heavy atom. The summed E-state index contributed by atoms with van der Waals surface area (Å²) in [6.07, 6.45) is 0.913. The van der Waals surface area contributed by atoms with Gasteiger partial charge >= 0.3 is 0 Å². The van der Waals surface area contributed by atoms with E-state index in [2.05, 4.69) is 20.9 Å². The van der Waals surface area contributed by atoms with Crippen molar-refractivity contribution < 1.29 is 4.74 Å². The molecule has 0 atom stereocenters. The van der Waals surface area contributed by atoms with Crippen LogP contribution >= 0.6 is 27.3 Å². The van der Waals surface area contributed by atoms with Crippen LogP contribution in [-0.4, -0.2) is 11.6 Å². The summed E-state index contributed by atoms with van der Waals surface area (Å²) < 4.78 is 6.61. The van der Waals surface area contributed by atoms with Crippen molar-refractivity contribution in [2.75, 3.05) is 12.3 Å². The molecule has 3 nitrogen and oxygen atoms in total. The Labute approximate surface area is 119 Å². The molecule has 0 aliphatic heterocycles. The molecule has 2 aromatic rings. The van der Waals surface area contributed by atoms with Gasteiger partial charge < -0.3 is 10.5 Å². The second kappa shape index (κ2) is 6.31. The fourth-order valence-corrected chi connectivity index (χ4v) is 2.77. The molecule has 0 saturated carbocycles. The number of halogens is 1. The second-order valence-corrected chi connectivity index (χ2v) is 5.72. The molecule has 1 aromatic heterocycles. The van der Waals surface area contributed by atoms with Crippen LogP contribution in [0.25, 0.3) is 0 Å². The van der Waals surface area contributed by atoms with Gasteiger partial charge in [-0.3, -0.25) is 0 Å². The number of benzene rings is 1. The van der Waals surface area contributed by atoms with Crippen molar-refractivity contribution in [3.8, 4) is 0 Å². The minimum Gasteiger partial charge on any atom is -0.398 e. The largest absolute Gasteiger partial charge is 0.398 e. The number of rotatable bonds is 5. The maximum absolute atomic E-state index is 5.81. The number of aryl methyl sites for hydroxylation is 1. The van der Waals surface area contributed by atoms with Gasteiger partial charge in [0.15, 0.2) is 0 Å². The van der Waals surface area contributed by atoms with Crippen LogP contribution < -0.4 is 5.73 Å². The maximum Gasteiger partial charge on any atom is 0.0797 e. The summed E-state index contributed by atoms with van der Waals surface area (Å²) in [6.45, 7) is 3.30. The van der Waals surface area contributed by atoms with Gasteiger partial charge in [0.25, 0.3) is 0 Å². The number of hydrogen-bond donors (Lipinski definition) is 1. The van der Waals surface area contributed by atoms with Crippen molar-refractivity contribution in [3.05, 3.63) is 44.3 Å². The molecule has 0 bridgehead atoms. The Bertz CT molecular complexity index is 527. The number of nitrogen functional groups attached to an aromatic ring is 1. The number of anilines is 1. The lowest BCUT2D eigenvalue weighted by atomic mass is 10.2. The topological polar surface area (TPSA) is 48.1 Å². The van der Waals surface area contributed by atoms with E-state index in [-0.39, 0.29) is 0 Å². The zero-order chi connectivity index (χ0) is 13.0. The molecule has 5 heteroatoms. The molecule has 1 aromatic carbocycles. The van der Waals surface area contributed by atoms with E-state index < -0.39 is 0 Å². The van der Waals surface area contributed by atoms with Crippen molar-refractivity contribution in [1.82, 2.24) is 4.98 Å². The Hall–Kier alpha value is -0.910. The average molecular weight is 327 g/mol. The van der Waals surface area contributed by atoms with Crippen molar-refractivity contribution >= 4 is 33.0 Å². The minimum absolute atomic E-state index is 0.573. The van der Waals surface area contributed by atoms with Crippen LogP contribution in [0.4, 0.5) is 5.69 Å². The molecule has 0 spiro atoms. The molecule has 0 unspecified atom stereocenters. The van der Waals surface area contributed by atoms with E-state index in [9.17, 15) is 0 Å². The fourth-order valence-electron chi connectivity index (χ4n) is 1.62. The van der Waals surface area contributed by atoms with Crippen LogP contribution in [0, 0.1) is 6.92 Å². The van der Waals surface area contributed by atoms with E-state index in [1.165, 1.54) is 4.88 Å². The number of nitrogens with two attached hydrogens (primary N) is 1. The zero-order valence-corrected chi connectivity index (χ0v) is 12.6. The van der Waals surface area contributed by atoms with Crippen LogP contribution in [0.2, 0.25) is 0 Å². The first kappa shape index (κ1) is 13.5. The number of thiazole rings is 1. The van der Waals surface area contributed by atoms with Gasteiger partial charge in [-0.25, -0.2) is 4.98 Å². The van der Waals surface area contributed by atoms with Gasteiger partial charge in [-0.05, 0) is 34.5 Å². The molecule has 2 N–H and O–H groups in total. The molecule has 0 aliphatic rings. The zero-order valence-electron chi connectivity index (χ0n) is 10.1. The molecule has 2 rings (SSSR count). The van der Waals surface area contributed by atoms with Gasteiger partial charge in [0.05, 0.1) is 24.4 Å². The molecule has 1 heterocycles. The minimum atomic E-state index is 0.573. The molecule has 0 fully saturated rings. The predicted molar refractivity (Wildman–Crippen MR) is 78.8 cm³/mol. The van der Waals surface area contributed by atoms with E-state index in [1.807, 2.05) is 30.6 Å². The van der Waals surface area contributed by atoms with Crippen molar-refractivity contribution in [1.29, 1.82) is 0 Å². The molecule has 0 radical (unpaired) electrons. The van der Waals surface area contributed by atoms with Gasteiger partial charge in [-0.2, -0.15) is 0 Å². The third kappa shape index (κ3) is 3.31. The van der Waals surface area contributed by atoms with Crippen LogP contribution in [0.15, 0.2) is 28.2 Å². The number of aromatic nitrogens is 1. The lowest BCUT2D eigenvalue weighted by Crippen LogP contribution is -2.00. The van der Waals surface area contributed by atoms with E-state index >= 15 is 0 Å². The fraction of sp³-hybridized carbons (Fsp3) is 0.308. The summed E-state index contributed by atoms with van der Waals surface area (Å²) in [7, 11) is 0. The Morgan fingerprint density at radius 1 is 1.44 bits per heavy atom. The highest BCUT2D eigenvalue weighted by Gasteiger charge is 2.04. The SMILES string of the molecule is Cc1ncsc1CCOCc1cccc(N)c1Br. The number of ether oxygens (including phenoxy) is 1. The maximum atomic E-state index is 5.81. The monoisotopic (exact) mass is 326 g/mol. The van der Waals surface area contributed by atoms with Gasteiger partial charge in [-0.1, -0.05) is 12.1 Å². The lowest BCUT2D eigenvalue weighted by molar-refractivity contribution is 0.124. The molecular formula is C13H15BrN2OS.